The van der Waals surface area contributed by atoms with Crippen molar-refractivity contribution in [2.45, 2.75) is 13.8 Å². The molecule has 3 N–H and O–H groups in total. The van der Waals surface area contributed by atoms with Gasteiger partial charge in [0.1, 0.15) is 0 Å². The van der Waals surface area contributed by atoms with Gasteiger partial charge in [-0.3, -0.25) is 14.4 Å². The molecule has 0 fully saturated rings. The van der Waals surface area contributed by atoms with Crippen LogP contribution in [0.3, 0.4) is 0 Å². The second kappa shape index (κ2) is 9.71. The number of benzene rings is 2. The summed E-state index contributed by atoms with van der Waals surface area (Å²) in [7, 11) is 0. The number of ether oxygens (including phenoxy) is 1. The smallest absolute Gasteiger partial charge is 0.339 e. The fraction of sp³-hybridized carbons (Fsp3) is 0.217. The number of aromatic amines is 1. The number of carbonyl (C=O) groups excluding carboxylic acids is 3. The summed E-state index contributed by atoms with van der Waals surface area (Å²) < 4.78 is 5.10. The lowest BCUT2D eigenvalue weighted by atomic mass is 10.1. The molecule has 0 aliphatic rings. The third-order valence-electron chi connectivity index (χ3n) is 4.42. The van der Waals surface area contributed by atoms with Crippen LogP contribution in [0.5, 0.6) is 0 Å². The van der Waals surface area contributed by atoms with Crippen LogP contribution in [0.2, 0.25) is 0 Å². The Morgan fingerprint density at radius 1 is 1.00 bits per heavy atom. The Hall–Kier alpha value is -3.94. The molecule has 0 unspecified atom stereocenters. The molecule has 0 spiro atoms. The molecular weight excluding hydrogens is 398 g/mol. The molecule has 8 heteroatoms. The van der Waals surface area contributed by atoms with E-state index in [2.05, 4.69) is 15.6 Å². The average Bonchev–Trinajstić information content (AvgIpc) is 2.75. The molecule has 2 aromatic carbocycles. The number of amides is 2. The van der Waals surface area contributed by atoms with Gasteiger partial charge < -0.3 is 20.4 Å². The summed E-state index contributed by atoms with van der Waals surface area (Å²) in [4.78, 5) is 51.6. The number of rotatable bonds is 7. The zero-order valence-corrected chi connectivity index (χ0v) is 17.2. The SMILES string of the molecule is CC(C)CNC(=O)c1ccccc1NC(=O)COC(=O)c1cc(=O)[nH]c2ccccc12. The molecule has 1 aromatic heterocycles. The summed E-state index contributed by atoms with van der Waals surface area (Å²) in [5, 5.41) is 5.90. The third-order valence-corrected chi connectivity index (χ3v) is 4.42. The maximum atomic E-state index is 12.5. The molecule has 8 nitrogen and oxygen atoms in total. The number of carbonyl (C=O) groups is 3. The summed E-state index contributed by atoms with van der Waals surface area (Å²) >= 11 is 0. The standard InChI is InChI=1S/C23H23N3O5/c1-14(2)12-24-22(29)16-8-4-6-10-19(16)26-21(28)13-31-23(30)17-11-20(27)25-18-9-5-3-7-15(17)18/h3-11,14H,12-13H2,1-2H3,(H,24,29)(H,25,27)(H,26,28). The Balaban J connectivity index is 1.67. The zero-order valence-electron chi connectivity index (χ0n) is 17.2. The van der Waals surface area contributed by atoms with Gasteiger partial charge in [-0.25, -0.2) is 4.79 Å². The predicted octanol–water partition coefficient (Wildman–Crippen LogP) is 2.71. The molecular formula is C23H23N3O5. The highest BCUT2D eigenvalue weighted by Gasteiger charge is 2.17. The number of H-pyrrole nitrogens is 1. The van der Waals surface area contributed by atoms with Crippen molar-refractivity contribution >= 4 is 34.4 Å². The zero-order chi connectivity index (χ0) is 22.4. The van der Waals surface area contributed by atoms with Crippen molar-refractivity contribution < 1.29 is 19.1 Å². The van der Waals surface area contributed by atoms with Crippen LogP contribution in [0, 0.1) is 5.92 Å². The molecule has 0 saturated heterocycles. The van der Waals surface area contributed by atoms with Gasteiger partial charge in [0.15, 0.2) is 6.61 Å². The number of nitrogens with one attached hydrogen (secondary N) is 3. The van der Waals surface area contributed by atoms with Crippen LogP contribution in [-0.4, -0.2) is 35.9 Å². The van der Waals surface area contributed by atoms with Crippen LogP contribution in [0.1, 0.15) is 34.6 Å². The minimum atomic E-state index is -0.791. The first-order valence-corrected chi connectivity index (χ1v) is 9.81. The Labute approximate surface area is 178 Å². The van der Waals surface area contributed by atoms with E-state index in [0.29, 0.717) is 28.7 Å². The first kappa shape index (κ1) is 21.8. The highest BCUT2D eigenvalue weighted by atomic mass is 16.5. The lowest BCUT2D eigenvalue weighted by Gasteiger charge is -2.13. The van der Waals surface area contributed by atoms with Gasteiger partial charge in [0, 0.05) is 23.5 Å². The van der Waals surface area contributed by atoms with Gasteiger partial charge in [0.05, 0.1) is 16.8 Å². The first-order valence-electron chi connectivity index (χ1n) is 9.81. The summed E-state index contributed by atoms with van der Waals surface area (Å²) in [6, 6.07) is 14.5. The Bertz CT molecular complexity index is 1180. The topological polar surface area (TPSA) is 117 Å². The number of fused-ring (bicyclic) bond motifs is 1. The fourth-order valence-electron chi connectivity index (χ4n) is 2.95. The minimum absolute atomic E-state index is 0.0700. The van der Waals surface area contributed by atoms with Crippen molar-refractivity contribution in [3.63, 3.8) is 0 Å². The van der Waals surface area contributed by atoms with Crippen molar-refractivity contribution in [2.24, 2.45) is 5.92 Å². The van der Waals surface area contributed by atoms with Crippen molar-refractivity contribution in [3.05, 3.63) is 76.1 Å². The van der Waals surface area contributed by atoms with Crippen molar-refractivity contribution in [2.75, 3.05) is 18.5 Å². The van der Waals surface area contributed by atoms with E-state index in [-0.39, 0.29) is 17.4 Å². The average molecular weight is 421 g/mol. The van der Waals surface area contributed by atoms with E-state index in [1.54, 1.807) is 48.5 Å². The predicted molar refractivity (Wildman–Crippen MR) is 117 cm³/mol. The first-order chi connectivity index (χ1) is 14.8. The molecule has 1 heterocycles. The lowest BCUT2D eigenvalue weighted by molar-refractivity contribution is -0.119. The van der Waals surface area contributed by atoms with Gasteiger partial charge in [-0.05, 0) is 24.1 Å². The minimum Gasteiger partial charge on any atom is -0.452 e. The van der Waals surface area contributed by atoms with E-state index in [1.165, 1.54) is 0 Å². The summed E-state index contributed by atoms with van der Waals surface area (Å²) in [5.74, 6) is -1.42. The van der Waals surface area contributed by atoms with Crippen molar-refractivity contribution in [3.8, 4) is 0 Å². The van der Waals surface area contributed by atoms with Crippen LogP contribution in [0.25, 0.3) is 10.9 Å². The number of hydrogen-bond acceptors (Lipinski definition) is 5. The number of anilines is 1. The van der Waals surface area contributed by atoms with Crippen LogP contribution in [-0.2, 0) is 9.53 Å². The normalized spacial score (nSPS) is 10.7. The van der Waals surface area contributed by atoms with Crippen LogP contribution in [0.15, 0.2) is 59.4 Å². The summed E-state index contributed by atoms with van der Waals surface area (Å²) in [6.07, 6.45) is 0. The van der Waals surface area contributed by atoms with E-state index < -0.39 is 24.0 Å². The third kappa shape index (κ3) is 5.57. The van der Waals surface area contributed by atoms with E-state index in [4.69, 9.17) is 4.74 Å². The Kier molecular flexibility index (Phi) is 6.81. The monoisotopic (exact) mass is 421 g/mol. The number of esters is 1. The van der Waals surface area contributed by atoms with Crippen molar-refractivity contribution in [1.29, 1.82) is 0 Å². The molecule has 0 atom stereocenters. The van der Waals surface area contributed by atoms with E-state index in [1.807, 2.05) is 13.8 Å². The van der Waals surface area contributed by atoms with Gasteiger partial charge >= 0.3 is 5.97 Å². The van der Waals surface area contributed by atoms with Gasteiger partial charge in [0.25, 0.3) is 11.8 Å². The maximum Gasteiger partial charge on any atom is 0.339 e. The van der Waals surface area contributed by atoms with Crippen LogP contribution >= 0.6 is 0 Å². The van der Waals surface area contributed by atoms with Crippen molar-refractivity contribution in [1.82, 2.24) is 10.3 Å². The number of para-hydroxylation sites is 2. The molecule has 3 rings (SSSR count). The molecule has 0 aliphatic carbocycles. The summed E-state index contributed by atoms with van der Waals surface area (Å²) in [6.45, 7) is 3.89. The van der Waals surface area contributed by atoms with Gasteiger partial charge in [0.2, 0.25) is 5.56 Å². The van der Waals surface area contributed by atoms with Crippen LogP contribution < -0.4 is 16.2 Å². The van der Waals surface area contributed by atoms with Crippen LogP contribution in [0.4, 0.5) is 5.69 Å². The molecule has 0 bridgehead atoms. The molecule has 160 valence electrons. The molecule has 0 radical (unpaired) electrons. The molecule has 0 aliphatic heterocycles. The van der Waals surface area contributed by atoms with Gasteiger partial charge in [-0.15, -0.1) is 0 Å². The second-order valence-electron chi connectivity index (χ2n) is 7.37. The summed E-state index contributed by atoms with van der Waals surface area (Å²) in [5.41, 5.74) is 0.736. The second-order valence-corrected chi connectivity index (χ2v) is 7.37. The van der Waals surface area contributed by atoms with E-state index in [0.717, 1.165) is 6.07 Å². The number of pyridine rings is 1. The van der Waals surface area contributed by atoms with Gasteiger partial charge in [-0.2, -0.15) is 0 Å². The molecule has 0 saturated carbocycles. The highest BCUT2D eigenvalue weighted by Crippen LogP contribution is 2.17. The fourth-order valence-corrected chi connectivity index (χ4v) is 2.95. The van der Waals surface area contributed by atoms with Gasteiger partial charge in [-0.1, -0.05) is 44.2 Å². The molecule has 3 aromatic rings. The van der Waals surface area contributed by atoms with E-state index >= 15 is 0 Å². The quantitative estimate of drug-likeness (QED) is 0.507. The molecule has 2 amide bonds. The Morgan fingerprint density at radius 2 is 1.71 bits per heavy atom. The number of hydrogen-bond donors (Lipinski definition) is 3. The maximum absolute atomic E-state index is 12.5. The largest absolute Gasteiger partial charge is 0.452 e. The highest BCUT2D eigenvalue weighted by molar-refractivity contribution is 6.06. The van der Waals surface area contributed by atoms with E-state index in [9.17, 15) is 19.2 Å². The molecule has 31 heavy (non-hydrogen) atoms. The lowest BCUT2D eigenvalue weighted by Crippen LogP contribution is -2.29. The number of aromatic nitrogens is 1. The Morgan fingerprint density at radius 3 is 2.48 bits per heavy atom.